The fourth-order valence-electron chi connectivity index (χ4n) is 1.87. The van der Waals surface area contributed by atoms with Gasteiger partial charge in [-0.2, -0.15) is 5.10 Å². The fourth-order valence-corrected chi connectivity index (χ4v) is 1.87. The Morgan fingerprint density at radius 1 is 1.43 bits per heavy atom. The zero-order valence-corrected chi connectivity index (χ0v) is 11.9. The van der Waals surface area contributed by atoms with Gasteiger partial charge >= 0.3 is 0 Å². The summed E-state index contributed by atoms with van der Waals surface area (Å²) >= 11 is 0. The van der Waals surface area contributed by atoms with Crippen LogP contribution in [0.4, 0.5) is 0 Å². The number of ether oxygens (including phenoxy) is 1. The van der Waals surface area contributed by atoms with Crippen molar-refractivity contribution in [2.75, 3.05) is 7.11 Å². The molecule has 2 rings (SSSR count). The monoisotopic (exact) mass is 287 g/mol. The summed E-state index contributed by atoms with van der Waals surface area (Å²) in [6.07, 6.45) is 3.49. The summed E-state index contributed by atoms with van der Waals surface area (Å²) in [5, 5.41) is 13.7. The van der Waals surface area contributed by atoms with Crippen LogP contribution in [0, 0.1) is 0 Å². The molecule has 0 aliphatic rings. The predicted molar refractivity (Wildman–Crippen MR) is 79.5 cm³/mol. The van der Waals surface area contributed by atoms with Crippen molar-refractivity contribution in [3.05, 3.63) is 47.8 Å². The van der Waals surface area contributed by atoms with E-state index >= 15 is 0 Å². The Morgan fingerprint density at radius 3 is 2.90 bits per heavy atom. The maximum absolute atomic E-state index is 11.7. The van der Waals surface area contributed by atoms with E-state index < -0.39 is 0 Å². The van der Waals surface area contributed by atoms with Gasteiger partial charge in [0, 0.05) is 24.5 Å². The molecule has 2 N–H and O–H groups in total. The predicted octanol–water partition coefficient (Wildman–Crippen LogP) is 1.43. The number of amides is 1. The van der Waals surface area contributed by atoms with Crippen LogP contribution < -0.4 is 10.2 Å². The highest BCUT2D eigenvalue weighted by molar-refractivity contribution is 5.86. The summed E-state index contributed by atoms with van der Waals surface area (Å²) in [6.45, 7) is 0. The average Bonchev–Trinajstić information content (AvgIpc) is 2.86. The molecule has 6 nitrogen and oxygen atoms in total. The van der Waals surface area contributed by atoms with Crippen molar-refractivity contribution in [1.29, 1.82) is 0 Å². The molecular formula is C15H17N3O3. The molecule has 0 bridgehead atoms. The number of aromatic hydroxyl groups is 1. The van der Waals surface area contributed by atoms with E-state index in [0.29, 0.717) is 11.3 Å². The van der Waals surface area contributed by atoms with Gasteiger partial charge in [0.05, 0.1) is 19.7 Å². The van der Waals surface area contributed by atoms with Crippen molar-refractivity contribution in [1.82, 2.24) is 9.99 Å². The molecule has 0 aliphatic heterocycles. The van der Waals surface area contributed by atoms with Crippen LogP contribution in [0.1, 0.15) is 11.3 Å². The molecule has 2 aromatic rings. The second-order valence-corrected chi connectivity index (χ2v) is 4.48. The molecule has 0 atom stereocenters. The Bertz CT molecular complexity index is 662. The lowest BCUT2D eigenvalue weighted by atomic mass is 10.2. The third-order valence-electron chi connectivity index (χ3n) is 3.04. The number of aryl methyl sites for hydroxylation is 1. The number of phenolic OH excluding ortho intramolecular Hbond substituents is 1. The van der Waals surface area contributed by atoms with Crippen molar-refractivity contribution in [3.63, 3.8) is 0 Å². The Labute approximate surface area is 122 Å². The number of aromatic nitrogens is 1. The van der Waals surface area contributed by atoms with E-state index in [4.69, 9.17) is 4.74 Å². The molecule has 1 heterocycles. The van der Waals surface area contributed by atoms with E-state index in [2.05, 4.69) is 10.5 Å². The van der Waals surface area contributed by atoms with Gasteiger partial charge in [-0.25, -0.2) is 5.43 Å². The summed E-state index contributed by atoms with van der Waals surface area (Å²) < 4.78 is 6.87. The van der Waals surface area contributed by atoms with Crippen LogP contribution in [0.5, 0.6) is 11.5 Å². The van der Waals surface area contributed by atoms with Crippen molar-refractivity contribution in [2.45, 2.75) is 6.42 Å². The number of nitrogens with one attached hydrogen (secondary N) is 1. The zero-order valence-electron chi connectivity index (χ0n) is 11.9. The van der Waals surface area contributed by atoms with Crippen LogP contribution in [0.25, 0.3) is 0 Å². The first-order chi connectivity index (χ1) is 10.1. The van der Waals surface area contributed by atoms with Crippen LogP contribution in [0.15, 0.2) is 41.6 Å². The van der Waals surface area contributed by atoms with Crippen LogP contribution in [0.2, 0.25) is 0 Å². The van der Waals surface area contributed by atoms with Crippen molar-refractivity contribution < 1.29 is 14.6 Å². The number of carbonyl (C=O) groups excluding carboxylic acids is 1. The lowest BCUT2D eigenvalue weighted by Crippen LogP contribution is -2.20. The van der Waals surface area contributed by atoms with E-state index in [-0.39, 0.29) is 18.1 Å². The lowest BCUT2D eigenvalue weighted by Gasteiger charge is -2.05. The molecule has 0 fully saturated rings. The van der Waals surface area contributed by atoms with Crippen molar-refractivity contribution in [2.24, 2.45) is 12.1 Å². The first kappa shape index (κ1) is 14.6. The second kappa shape index (κ2) is 6.60. The number of methoxy groups -OCH3 is 1. The molecule has 0 unspecified atom stereocenters. The van der Waals surface area contributed by atoms with Crippen LogP contribution in [0.3, 0.4) is 0 Å². The molecule has 6 heteroatoms. The SMILES string of the molecule is COc1cccc(/C=N\NC(=O)Cc2cccn2C)c1O. The van der Waals surface area contributed by atoms with Gasteiger partial charge in [-0.05, 0) is 24.3 Å². The number of hydrogen-bond donors (Lipinski definition) is 2. The van der Waals surface area contributed by atoms with Crippen LogP contribution in [-0.4, -0.2) is 28.9 Å². The standard InChI is InChI=1S/C15H17N3O3/c1-18-8-4-6-12(18)9-14(19)17-16-10-11-5-3-7-13(21-2)15(11)20/h3-8,10,20H,9H2,1-2H3,(H,17,19)/b16-10-. The molecule has 1 aromatic heterocycles. The van der Waals surface area contributed by atoms with E-state index in [0.717, 1.165) is 5.69 Å². The minimum absolute atomic E-state index is 0.0135. The highest BCUT2D eigenvalue weighted by Crippen LogP contribution is 2.27. The van der Waals surface area contributed by atoms with Crippen LogP contribution >= 0.6 is 0 Å². The average molecular weight is 287 g/mol. The molecule has 21 heavy (non-hydrogen) atoms. The highest BCUT2D eigenvalue weighted by atomic mass is 16.5. The van der Waals surface area contributed by atoms with E-state index in [1.165, 1.54) is 13.3 Å². The smallest absolute Gasteiger partial charge is 0.245 e. The second-order valence-electron chi connectivity index (χ2n) is 4.48. The first-order valence-corrected chi connectivity index (χ1v) is 6.40. The number of para-hydroxylation sites is 1. The van der Waals surface area contributed by atoms with Gasteiger partial charge < -0.3 is 14.4 Å². The van der Waals surface area contributed by atoms with E-state index in [1.807, 2.05) is 29.9 Å². The molecule has 0 aliphatic carbocycles. The normalized spacial score (nSPS) is 10.8. The molecule has 1 amide bonds. The zero-order chi connectivity index (χ0) is 15.2. The van der Waals surface area contributed by atoms with Gasteiger partial charge in [-0.3, -0.25) is 4.79 Å². The van der Waals surface area contributed by atoms with Gasteiger partial charge in [0.2, 0.25) is 5.91 Å². The molecule has 0 spiro atoms. The largest absolute Gasteiger partial charge is 0.504 e. The number of hydrogen-bond acceptors (Lipinski definition) is 4. The number of carbonyl (C=O) groups is 1. The highest BCUT2D eigenvalue weighted by Gasteiger charge is 2.06. The first-order valence-electron chi connectivity index (χ1n) is 6.40. The Balaban J connectivity index is 1.96. The fraction of sp³-hybridized carbons (Fsp3) is 0.200. The number of rotatable bonds is 5. The minimum Gasteiger partial charge on any atom is -0.504 e. The molecular weight excluding hydrogens is 270 g/mol. The van der Waals surface area contributed by atoms with Gasteiger partial charge in [0.25, 0.3) is 0 Å². The van der Waals surface area contributed by atoms with Gasteiger partial charge in [0.15, 0.2) is 11.5 Å². The van der Waals surface area contributed by atoms with Crippen molar-refractivity contribution >= 4 is 12.1 Å². The lowest BCUT2D eigenvalue weighted by molar-refractivity contribution is -0.120. The number of hydrazone groups is 1. The summed E-state index contributed by atoms with van der Waals surface area (Å²) in [4.78, 5) is 11.7. The summed E-state index contributed by atoms with van der Waals surface area (Å²) in [5.74, 6) is 0.116. The molecule has 0 radical (unpaired) electrons. The van der Waals surface area contributed by atoms with Crippen molar-refractivity contribution in [3.8, 4) is 11.5 Å². The topological polar surface area (TPSA) is 75.8 Å². The quantitative estimate of drug-likeness (QED) is 0.645. The van der Waals surface area contributed by atoms with Crippen LogP contribution in [-0.2, 0) is 18.3 Å². The van der Waals surface area contributed by atoms with E-state index in [9.17, 15) is 9.90 Å². The third kappa shape index (κ3) is 3.62. The minimum atomic E-state index is -0.226. The van der Waals surface area contributed by atoms with Gasteiger partial charge in [0.1, 0.15) is 0 Å². The number of phenols is 1. The third-order valence-corrected chi connectivity index (χ3v) is 3.04. The summed E-state index contributed by atoms with van der Waals surface area (Å²) in [5.41, 5.74) is 3.79. The molecule has 0 saturated carbocycles. The number of benzene rings is 1. The molecule has 1 aromatic carbocycles. The Hall–Kier alpha value is -2.76. The molecule has 0 saturated heterocycles. The molecule has 110 valence electrons. The Kier molecular flexibility index (Phi) is 4.61. The number of nitrogens with zero attached hydrogens (tertiary/aromatic N) is 2. The maximum atomic E-state index is 11.7. The van der Waals surface area contributed by atoms with Gasteiger partial charge in [-0.15, -0.1) is 0 Å². The summed E-state index contributed by atoms with van der Waals surface area (Å²) in [6, 6.07) is 8.79. The van der Waals surface area contributed by atoms with E-state index in [1.54, 1.807) is 18.2 Å². The Morgan fingerprint density at radius 2 is 2.24 bits per heavy atom. The van der Waals surface area contributed by atoms with Gasteiger partial charge in [-0.1, -0.05) is 6.07 Å². The summed E-state index contributed by atoms with van der Waals surface area (Å²) in [7, 11) is 3.35. The maximum Gasteiger partial charge on any atom is 0.245 e.